The molecule has 0 aromatic carbocycles. The van der Waals surface area contributed by atoms with Gasteiger partial charge >= 0.3 is 11.9 Å². The van der Waals surface area contributed by atoms with Crippen molar-refractivity contribution in [3.05, 3.63) is 0 Å². The summed E-state index contributed by atoms with van der Waals surface area (Å²) in [6, 6.07) is 0. The summed E-state index contributed by atoms with van der Waals surface area (Å²) < 4.78 is 10.8. The van der Waals surface area contributed by atoms with Crippen molar-refractivity contribution in [3.63, 3.8) is 0 Å². The van der Waals surface area contributed by atoms with Crippen LogP contribution in [0.15, 0.2) is 0 Å². The summed E-state index contributed by atoms with van der Waals surface area (Å²) in [7, 11) is 0. The van der Waals surface area contributed by atoms with Gasteiger partial charge < -0.3 is 9.47 Å². The molecule has 28 heavy (non-hydrogen) atoms. The molecule has 0 aromatic rings. The number of carbonyl (C=O) groups excluding carboxylic acids is 2. The van der Waals surface area contributed by atoms with Gasteiger partial charge in [0.2, 0.25) is 0 Å². The zero-order valence-electron chi connectivity index (χ0n) is 19.2. The summed E-state index contributed by atoms with van der Waals surface area (Å²) in [5.74, 6) is -0.824. The van der Waals surface area contributed by atoms with E-state index in [2.05, 4.69) is 13.8 Å². The van der Waals surface area contributed by atoms with Crippen LogP contribution in [0.4, 0.5) is 0 Å². The smallest absolute Gasteiger partial charge is 0.323 e. The van der Waals surface area contributed by atoms with Gasteiger partial charge in [0.1, 0.15) is 0 Å². The molecule has 0 spiro atoms. The Balaban J connectivity index is 4.02. The molecular weight excluding hydrogens is 352 g/mol. The molecular formula is C24H46O4. The van der Waals surface area contributed by atoms with E-state index in [0.29, 0.717) is 26.1 Å². The molecule has 0 atom stereocenters. The molecule has 166 valence electrons. The highest BCUT2D eigenvalue weighted by Crippen LogP contribution is 2.30. The van der Waals surface area contributed by atoms with E-state index in [4.69, 9.17) is 9.47 Å². The monoisotopic (exact) mass is 398 g/mol. The van der Waals surface area contributed by atoms with Gasteiger partial charge in [-0.15, -0.1) is 0 Å². The summed E-state index contributed by atoms with van der Waals surface area (Å²) in [5, 5.41) is 0. The Kier molecular flexibility index (Phi) is 17.3. The molecule has 0 radical (unpaired) electrons. The minimum absolute atomic E-state index is 0.389. The van der Waals surface area contributed by atoms with Gasteiger partial charge in [-0.2, -0.15) is 0 Å². The van der Waals surface area contributed by atoms with Gasteiger partial charge in [-0.25, -0.2) is 0 Å². The van der Waals surface area contributed by atoms with Crippen LogP contribution in [0, 0.1) is 5.41 Å². The average molecular weight is 399 g/mol. The van der Waals surface area contributed by atoms with E-state index in [0.717, 1.165) is 32.1 Å². The second-order valence-electron chi connectivity index (χ2n) is 7.95. The lowest BCUT2D eigenvalue weighted by atomic mass is 9.82. The van der Waals surface area contributed by atoms with E-state index in [1.807, 2.05) is 13.8 Å². The summed E-state index contributed by atoms with van der Waals surface area (Å²) >= 11 is 0. The average Bonchev–Trinajstić information content (AvgIpc) is 2.70. The van der Waals surface area contributed by atoms with Crippen LogP contribution in [0.5, 0.6) is 0 Å². The van der Waals surface area contributed by atoms with E-state index >= 15 is 0 Å². The zero-order chi connectivity index (χ0) is 21.1. The van der Waals surface area contributed by atoms with E-state index in [-0.39, 0.29) is 0 Å². The topological polar surface area (TPSA) is 52.6 Å². The fraction of sp³-hybridized carbons (Fsp3) is 0.917. The van der Waals surface area contributed by atoms with Gasteiger partial charge in [0.05, 0.1) is 13.2 Å². The molecule has 0 heterocycles. The Labute approximate surface area is 174 Å². The molecule has 0 aliphatic rings. The van der Waals surface area contributed by atoms with Crippen LogP contribution < -0.4 is 0 Å². The maximum atomic E-state index is 12.6. The maximum Gasteiger partial charge on any atom is 0.323 e. The quantitative estimate of drug-likeness (QED) is 0.134. The number of hydrogen-bond donors (Lipinski definition) is 0. The van der Waals surface area contributed by atoms with Crippen molar-refractivity contribution in [2.45, 2.75) is 124 Å². The summed E-state index contributed by atoms with van der Waals surface area (Å²) in [6.07, 6.45) is 16.2. The minimum Gasteiger partial charge on any atom is -0.465 e. The van der Waals surface area contributed by atoms with E-state index in [1.54, 1.807) is 0 Å². The van der Waals surface area contributed by atoms with Crippen LogP contribution in [0.2, 0.25) is 0 Å². The Bertz CT molecular complexity index is 388. The molecule has 0 N–H and O–H groups in total. The summed E-state index contributed by atoms with van der Waals surface area (Å²) in [5.41, 5.74) is -1.13. The molecule has 0 rings (SSSR count). The summed E-state index contributed by atoms with van der Waals surface area (Å²) in [6.45, 7) is 8.86. The molecule has 0 amide bonds. The standard InChI is InChI=1S/C24H46O4/c1-5-9-11-12-13-14-15-16-17-19-21-28-23(26)24(7-3,8-4)22(25)27-20-18-10-6-2/h5-21H2,1-4H3. The van der Waals surface area contributed by atoms with Gasteiger partial charge in [-0.3, -0.25) is 9.59 Å². The lowest BCUT2D eigenvalue weighted by Crippen LogP contribution is -2.41. The molecule has 4 heteroatoms. The molecule has 0 saturated carbocycles. The number of ether oxygens (including phenoxy) is 2. The first kappa shape index (κ1) is 26.9. The maximum absolute atomic E-state index is 12.6. The van der Waals surface area contributed by atoms with Crippen LogP contribution in [-0.2, 0) is 19.1 Å². The number of hydrogen-bond acceptors (Lipinski definition) is 4. The predicted molar refractivity (Wildman–Crippen MR) is 116 cm³/mol. The molecule has 0 saturated heterocycles. The third kappa shape index (κ3) is 11.1. The molecule has 0 fully saturated rings. The predicted octanol–water partition coefficient (Wildman–Crippen LogP) is 6.99. The second kappa shape index (κ2) is 18.0. The first-order chi connectivity index (χ1) is 13.6. The van der Waals surface area contributed by atoms with E-state index < -0.39 is 17.4 Å². The second-order valence-corrected chi connectivity index (χ2v) is 7.95. The fourth-order valence-corrected chi connectivity index (χ4v) is 3.46. The van der Waals surface area contributed by atoms with Crippen LogP contribution in [0.25, 0.3) is 0 Å². The summed E-state index contributed by atoms with van der Waals surface area (Å²) in [4.78, 5) is 25.1. The first-order valence-corrected chi connectivity index (χ1v) is 11.9. The normalized spacial score (nSPS) is 11.4. The third-order valence-corrected chi connectivity index (χ3v) is 5.70. The lowest BCUT2D eigenvalue weighted by molar-refractivity contribution is -0.173. The third-order valence-electron chi connectivity index (χ3n) is 5.70. The van der Waals surface area contributed by atoms with Crippen LogP contribution in [0.3, 0.4) is 0 Å². The Morgan fingerprint density at radius 3 is 1.25 bits per heavy atom. The highest BCUT2D eigenvalue weighted by Gasteiger charge is 2.45. The van der Waals surface area contributed by atoms with Gasteiger partial charge in [0.15, 0.2) is 5.41 Å². The van der Waals surface area contributed by atoms with Gasteiger partial charge in [-0.1, -0.05) is 98.3 Å². The van der Waals surface area contributed by atoms with Gasteiger partial charge in [-0.05, 0) is 25.7 Å². The highest BCUT2D eigenvalue weighted by atomic mass is 16.6. The van der Waals surface area contributed by atoms with Gasteiger partial charge in [0.25, 0.3) is 0 Å². The lowest BCUT2D eigenvalue weighted by Gasteiger charge is -2.27. The number of esters is 2. The van der Waals surface area contributed by atoms with Gasteiger partial charge in [0, 0.05) is 0 Å². The number of rotatable bonds is 19. The van der Waals surface area contributed by atoms with Crippen molar-refractivity contribution >= 4 is 11.9 Å². The zero-order valence-corrected chi connectivity index (χ0v) is 19.2. The largest absolute Gasteiger partial charge is 0.465 e. The minimum atomic E-state index is -1.13. The van der Waals surface area contributed by atoms with E-state index in [1.165, 1.54) is 51.4 Å². The molecule has 0 aromatic heterocycles. The van der Waals surface area contributed by atoms with E-state index in [9.17, 15) is 9.59 Å². The molecule has 0 bridgehead atoms. The SMILES string of the molecule is CCCCCCCCCCCCOC(=O)C(CC)(CC)C(=O)OCCCCC. The molecule has 0 unspecified atom stereocenters. The van der Waals surface area contributed by atoms with Crippen LogP contribution in [-0.4, -0.2) is 25.2 Å². The van der Waals surface area contributed by atoms with Crippen molar-refractivity contribution in [3.8, 4) is 0 Å². The Morgan fingerprint density at radius 2 is 0.857 bits per heavy atom. The van der Waals surface area contributed by atoms with Crippen molar-refractivity contribution in [1.82, 2.24) is 0 Å². The van der Waals surface area contributed by atoms with Crippen molar-refractivity contribution in [2.75, 3.05) is 13.2 Å². The first-order valence-electron chi connectivity index (χ1n) is 11.9. The fourth-order valence-electron chi connectivity index (χ4n) is 3.46. The molecule has 4 nitrogen and oxygen atoms in total. The van der Waals surface area contributed by atoms with Crippen LogP contribution >= 0.6 is 0 Å². The molecule has 0 aliphatic heterocycles. The number of unbranched alkanes of at least 4 members (excludes halogenated alkanes) is 11. The Hall–Kier alpha value is -1.06. The van der Waals surface area contributed by atoms with Crippen molar-refractivity contribution in [2.24, 2.45) is 5.41 Å². The van der Waals surface area contributed by atoms with Crippen molar-refractivity contribution in [1.29, 1.82) is 0 Å². The van der Waals surface area contributed by atoms with Crippen molar-refractivity contribution < 1.29 is 19.1 Å². The van der Waals surface area contributed by atoms with Crippen LogP contribution in [0.1, 0.15) is 124 Å². The molecule has 0 aliphatic carbocycles. The Morgan fingerprint density at radius 1 is 0.536 bits per heavy atom. The highest BCUT2D eigenvalue weighted by molar-refractivity contribution is 5.99. The number of carbonyl (C=O) groups is 2.